The fourth-order valence-electron chi connectivity index (χ4n) is 3.96. The van der Waals surface area contributed by atoms with E-state index in [2.05, 4.69) is 17.1 Å². The number of aryl methyl sites for hydroxylation is 2. The maximum absolute atomic E-state index is 6.15. The summed E-state index contributed by atoms with van der Waals surface area (Å²) < 4.78 is 10.4. The number of fused-ring (bicyclic) bond motifs is 1. The van der Waals surface area contributed by atoms with Gasteiger partial charge in [-0.3, -0.25) is 0 Å². The Labute approximate surface area is 189 Å². The quantitative estimate of drug-likeness (QED) is 0.396. The molecule has 0 aliphatic carbocycles. The zero-order valence-electron chi connectivity index (χ0n) is 17.3. The first kappa shape index (κ1) is 20.0. The molecule has 1 aromatic carbocycles. The minimum atomic E-state index is 0.263. The Morgan fingerprint density at radius 1 is 1.23 bits per heavy atom. The Morgan fingerprint density at radius 3 is 2.87 bits per heavy atom. The van der Waals surface area contributed by atoms with Gasteiger partial charge in [-0.05, 0) is 55.7 Å². The van der Waals surface area contributed by atoms with Crippen molar-refractivity contribution >= 4 is 35.1 Å². The van der Waals surface area contributed by atoms with E-state index in [-0.39, 0.29) is 5.92 Å². The maximum Gasteiger partial charge on any atom is 0.174 e. The van der Waals surface area contributed by atoms with Crippen molar-refractivity contribution in [3.63, 3.8) is 0 Å². The van der Waals surface area contributed by atoms with Gasteiger partial charge in [0.15, 0.2) is 5.82 Å². The highest BCUT2D eigenvalue weighted by Crippen LogP contribution is 2.37. The molecular formula is C23H22ClN5OS. The van der Waals surface area contributed by atoms with Crippen LogP contribution in [0.2, 0.25) is 4.34 Å². The summed E-state index contributed by atoms with van der Waals surface area (Å²) in [5, 5.41) is 4.71. The SMILES string of the molecule is COc1cc(C=Cc2nc3n(n2)CCCC3c2ccc(Cl)s2)ccc1-n1cnc(C)c1. The van der Waals surface area contributed by atoms with Gasteiger partial charge in [0, 0.05) is 17.6 Å². The third-order valence-corrected chi connectivity index (χ3v) is 6.79. The van der Waals surface area contributed by atoms with Gasteiger partial charge in [0.2, 0.25) is 0 Å². The number of hydrogen-bond acceptors (Lipinski definition) is 5. The predicted octanol–water partition coefficient (Wildman–Crippen LogP) is 5.59. The Kier molecular flexibility index (Phi) is 5.38. The molecule has 0 fully saturated rings. The first-order valence-corrected chi connectivity index (χ1v) is 11.4. The minimum Gasteiger partial charge on any atom is -0.495 e. The van der Waals surface area contributed by atoms with Gasteiger partial charge in [0.25, 0.3) is 0 Å². The highest BCUT2D eigenvalue weighted by molar-refractivity contribution is 7.16. The molecule has 1 aliphatic heterocycles. The summed E-state index contributed by atoms with van der Waals surface area (Å²) in [4.78, 5) is 10.4. The van der Waals surface area contributed by atoms with Gasteiger partial charge >= 0.3 is 0 Å². The van der Waals surface area contributed by atoms with E-state index in [1.165, 1.54) is 4.88 Å². The average Bonchev–Trinajstić information content (AvgIpc) is 3.51. The molecule has 5 rings (SSSR count). The molecule has 3 aromatic heterocycles. The lowest BCUT2D eigenvalue weighted by Gasteiger charge is -2.20. The van der Waals surface area contributed by atoms with Crippen LogP contribution in [0.3, 0.4) is 0 Å². The van der Waals surface area contributed by atoms with Crippen LogP contribution in [0.1, 0.15) is 46.5 Å². The molecule has 1 aliphatic rings. The molecular weight excluding hydrogens is 430 g/mol. The molecule has 31 heavy (non-hydrogen) atoms. The molecule has 0 N–H and O–H groups in total. The molecule has 6 nitrogen and oxygen atoms in total. The van der Waals surface area contributed by atoms with E-state index in [0.29, 0.717) is 0 Å². The number of methoxy groups -OCH3 is 1. The van der Waals surface area contributed by atoms with Gasteiger partial charge < -0.3 is 9.30 Å². The maximum atomic E-state index is 6.15. The number of halogens is 1. The Morgan fingerprint density at radius 2 is 2.13 bits per heavy atom. The number of aromatic nitrogens is 5. The Bertz CT molecular complexity index is 1250. The van der Waals surface area contributed by atoms with Crippen LogP contribution in [0.4, 0.5) is 0 Å². The molecule has 4 heterocycles. The van der Waals surface area contributed by atoms with E-state index in [0.717, 1.165) is 58.1 Å². The number of ether oxygens (including phenoxy) is 1. The van der Waals surface area contributed by atoms with Crippen LogP contribution in [-0.4, -0.2) is 31.4 Å². The molecule has 1 atom stereocenters. The summed E-state index contributed by atoms with van der Waals surface area (Å²) in [6.07, 6.45) is 9.91. The van der Waals surface area contributed by atoms with E-state index in [1.807, 2.05) is 52.7 Å². The third-order valence-electron chi connectivity index (χ3n) is 5.45. The van der Waals surface area contributed by atoms with Crippen LogP contribution in [0.15, 0.2) is 42.9 Å². The number of thiophene rings is 1. The van der Waals surface area contributed by atoms with Crippen molar-refractivity contribution in [2.45, 2.75) is 32.2 Å². The second-order valence-electron chi connectivity index (χ2n) is 7.57. The molecule has 0 amide bonds. The number of nitrogens with zero attached hydrogens (tertiary/aromatic N) is 5. The van der Waals surface area contributed by atoms with Gasteiger partial charge in [0.1, 0.15) is 11.6 Å². The smallest absolute Gasteiger partial charge is 0.174 e. The van der Waals surface area contributed by atoms with E-state index in [4.69, 9.17) is 26.4 Å². The van der Waals surface area contributed by atoms with Gasteiger partial charge in [-0.2, -0.15) is 5.10 Å². The lowest BCUT2D eigenvalue weighted by atomic mass is 9.97. The zero-order valence-corrected chi connectivity index (χ0v) is 18.9. The fourth-order valence-corrected chi connectivity index (χ4v) is 5.15. The second kappa shape index (κ2) is 8.32. The molecule has 0 saturated heterocycles. The van der Waals surface area contributed by atoms with Crippen LogP contribution in [0, 0.1) is 6.92 Å². The summed E-state index contributed by atoms with van der Waals surface area (Å²) in [5.74, 6) is 2.79. The van der Waals surface area contributed by atoms with Crippen LogP contribution >= 0.6 is 22.9 Å². The lowest BCUT2D eigenvalue weighted by Crippen LogP contribution is -2.17. The van der Waals surface area contributed by atoms with E-state index in [9.17, 15) is 0 Å². The van der Waals surface area contributed by atoms with Gasteiger partial charge in [-0.1, -0.05) is 23.7 Å². The zero-order chi connectivity index (χ0) is 21.4. The van der Waals surface area contributed by atoms with Crippen molar-refractivity contribution in [3.8, 4) is 11.4 Å². The molecule has 0 spiro atoms. The minimum absolute atomic E-state index is 0.263. The summed E-state index contributed by atoms with van der Waals surface area (Å²) in [5.41, 5.74) is 2.93. The van der Waals surface area contributed by atoms with Crippen molar-refractivity contribution in [1.29, 1.82) is 0 Å². The topological polar surface area (TPSA) is 57.8 Å². The summed E-state index contributed by atoms with van der Waals surface area (Å²) in [6, 6.07) is 10.2. The fraction of sp³-hybridized carbons (Fsp3) is 0.261. The van der Waals surface area contributed by atoms with Crippen molar-refractivity contribution in [2.75, 3.05) is 7.11 Å². The molecule has 0 bridgehead atoms. The predicted molar refractivity (Wildman–Crippen MR) is 124 cm³/mol. The number of benzene rings is 1. The van der Waals surface area contributed by atoms with Crippen LogP contribution in [0.25, 0.3) is 17.8 Å². The molecule has 158 valence electrons. The Balaban J connectivity index is 1.40. The van der Waals surface area contributed by atoms with Gasteiger partial charge in [0.05, 0.1) is 35.1 Å². The molecule has 0 radical (unpaired) electrons. The van der Waals surface area contributed by atoms with Crippen molar-refractivity contribution in [1.82, 2.24) is 24.3 Å². The summed E-state index contributed by atoms with van der Waals surface area (Å²) >= 11 is 7.78. The van der Waals surface area contributed by atoms with Crippen molar-refractivity contribution in [2.24, 2.45) is 0 Å². The standard InChI is InChI=1S/C23H22ClN5OS/c1-15-13-28(14-25-15)18-7-5-16(12-19(18)30-2)6-10-22-26-23-17(4-3-11-29(23)27-22)20-8-9-21(24)31-20/h5-10,12-14,17H,3-4,11H2,1-2H3. The van der Waals surface area contributed by atoms with Crippen molar-refractivity contribution < 1.29 is 4.74 Å². The van der Waals surface area contributed by atoms with E-state index >= 15 is 0 Å². The van der Waals surface area contributed by atoms with Crippen LogP contribution < -0.4 is 4.74 Å². The van der Waals surface area contributed by atoms with Crippen LogP contribution in [0.5, 0.6) is 5.75 Å². The number of hydrogen-bond donors (Lipinski definition) is 0. The van der Waals surface area contributed by atoms with Crippen molar-refractivity contribution in [3.05, 3.63) is 75.0 Å². The monoisotopic (exact) mass is 451 g/mol. The number of rotatable bonds is 5. The van der Waals surface area contributed by atoms with Gasteiger partial charge in [-0.25, -0.2) is 14.6 Å². The van der Waals surface area contributed by atoms with Gasteiger partial charge in [-0.15, -0.1) is 11.3 Å². The molecule has 0 saturated carbocycles. The highest BCUT2D eigenvalue weighted by Gasteiger charge is 2.26. The number of imidazole rings is 1. The lowest BCUT2D eigenvalue weighted by molar-refractivity contribution is 0.413. The average molecular weight is 452 g/mol. The largest absolute Gasteiger partial charge is 0.495 e. The normalized spacial score (nSPS) is 16.0. The molecule has 4 aromatic rings. The van der Waals surface area contributed by atoms with E-state index < -0.39 is 0 Å². The first-order chi connectivity index (χ1) is 15.1. The highest BCUT2D eigenvalue weighted by atomic mass is 35.5. The summed E-state index contributed by atoms with van der Waals surface area (Å²) in [7, 11) is 1.68. The molecule has 1 unspecified atom stereocenters. The van der Waals surface area contributed by atoms with Crippen LogP contribution in [-0.2, 0) is 6.54 Å². The second-order valence-corrected chi connectivity index (χ2v) is 9.32. The van der Waals surface area contributed by atoms with E-state index in [1.54, 1.807) is 24.8 Å². The molecule has 8 heteroatoms. The summed E-state index contributed by atoms with van der Waals surface area (Å²) in [6.45, 7) is 2.87. The third kappa shape index (κ3) is 4.03. The first-order valence-electron chi connectivity index (χ1n) is 10.2. The Hall–Kier alpha value is -2.90.